The van der Waals surface area contributed by atoms with Crippen molar-refractivity contribution in [3.05, 3.63) is 42.5 Å². The second kappa shape index (κ2) is 8.36. The average Bonchev–Trinajstić information content (AvgIpc) is 2.99. The summed E-state index contributed by atoms with van der Waals surface area (Å²) >= 11 is 1.78. The number of thioether (sulfide) groups is 1. The van der Waals surface area contributed by atoms with Crippen molar-refractivity contribution in [2.45, 2.75) is 24.7 Å². The van der Waals surface area contributed by atoms with Gasteiger partial charge in [0.2, 0.25) is 0 Å². The summed E-state index contributed by atoms with van der Waals surface area (Å²) in [6.45, 7) is 2.74. The van der Waals surface area contributed by atoms with Crippen molar-refractivity contribution < 1.29 is 4.79 Å². The number of anilines is 1. The maximum absolute atomic E-state index is 11.7. The number of aromatic nitrogens is 2. The first-order valence-electron chi connectivity index (χ1n) is 7.04. The van der Waals surface area contributed by atoms with Gasteiger partial charge in [0, 0.05) is 35.9 Å². The number of nitrogens with one attached hydrogen (secondary N) is 3. The standard InChI is InChI=1S/C15H20N4OS/c1-2-21-13-7-5-12(6-8-13)19-15(20)18-9-3-4-14-16-10-11-17-14/h5-8,10-11H,2-4,9H2,1H3,(H,16,17)(H2,18,19,20). The van der Waals surface area contributed by atoms with Crippen molar-refractivity contribution in [3.8, 4) is 0 Å². The van der Waals surface area contributed by atoms with E-state index in [4.69, 9.17) is 0 Å². The lowest BCUT2D eigenvalue weighted by molar-refractivity contribution is 0.252. The van der Waals surface area contributed by atoms with Crippen molar-refractivity contribution in [3.63, 3.8) is 0 Å². The number of hydrogen-bond donors (Lipinski definition) is 3. The van der Waals surface area contributed by atoms with Crippen LogP contribution in [0.3, 0.4) is 0 Å². The zero-order valence-electron chi connectivity index (χ0n) is 12.1. The van der Waals surface area contributed by atoms with Crippen molar-refractivity contribution in [1.82, 2.24) is 15.3 Å². The van der Waals surface area contributed by atoms with Gasteiger partial charge in [-0.15, -0.1) is 11.8 Å². The number of amides is 2. The Hall–Kier alpha value is -1.95. The molecule has 0 saturated heterocycles. The molecule has 0 fully saturated rings. The van der Waals surface area contributed by atoms with E-state index in [0.717, 1.165) is 30.1 Å². The van der Waals surface area contributed by atoms with Gasteiger partial charge in [-0.25, -0.2) is 9.78 Å². The van der Waals surface area contributed by atoms with Crippen molar-refractivity contribution in [1.29, 1.82) is 0 Å². The Bertz CT molecular complexity index is 539. The molecule has 2 amide bonds. The molecule has 0 unspecified atom stereocenters. The van der Waals surface area contributed by atoms with Crippen LogP contribution in [-0.4, -0.2) is 28.3 Å². The Morgan fingerprint density at radius 2 is 2.14 bits per heavy atom. The summed E-state index contributed by atoms with van der Waals surface area (Å²) in [5, 5.41) is 5.66. The number of rotatable bonds is 7. The minimum absolute atomic E-state index is 0.176. The molecule has 0 radical (unpaired) electrons. The average molecular weight is 304 g/mol. The van der Waals surface area contributed by atoms with E-state index in [9.17, 15) is 4.79 Å². The summed E-state index contributed by atoms with van der Waals surface area (Å²) in [5.41, 5.74) is 0.805. The Morgan fingerprint density at radius 3 is 2.81 bits per heavy atom. The van der Waals surface area contributed by atoms with Crippen LogP contribution in [0.5, 0.6) is 0 Å². The van der Waals surface area contributed by atoms with Gasteiger partial charge in [0.1, 0.15) is 5.82 Å². The van der Waals surface area contributed by atoms with E-state index in [1.165, 1.54) is 4.90 Å². The number of hydrogen-bond acceptors (Lipinski definition) is 3. The number of urea groups is 1. The van der Waals surface area contributed by atoms with E-state index in [0.29, 0.717) is 6.54 Å². The first kappa shape index (κ1) is 15.4. The van der Waals surface area contributed by atoms with Gasteiger partial charge in [-0.05, 0) is 36.4 Å². The van der Waals surface area contributed by atoms with Gasteiger partial charge in [0.05, 0.1) is 0 Å². The van der Waals surface area contributed by atoms with Crippen LogP contribution in [0.15, 0.2) is 41.6 Å². The molecule has 5 nitrogen and oxygen atoms in total. The van der Waals surface area contributed by atoms with Crippen molar-refractivity contribution in [2.75, 3.05) is 17.6 Å². The third-order valence-corrected chi connectivity index (χ3v) is 3.75. The van der Waals surface area contributed by atoms with Crippen LogP contribution < -0.4 is 10.6 Å². The maximum Gasteiger partial charge on any atom is 0.319 e. The molecule has 21 heavy (non-hydrogen) atoms. The van der Waals surface area contributed by atoms with E-state index < -0.39 is 0 Å². The van der Waals surface area contributed by atoms with Crippen LogP contribution >= 0.6 is 11.8 Å². The van der Waals surface area contributed by atoms with E-state index in [1.54, 1.807) is 24.2 Å². The first-order valence-corrected chi connectivity index (χ1v) is 8.02. The SMILES string of the molecule is CCSc1ccc(NC(=O)NCCCc2ncc[nH]2)cc1. The Balaban J connectivity index is 1.66. The first-order chi connectivity index (χ1) is 10.3. The van der Waals surface area contributed by atoms with E-state index in [1.807, 2.05) is 24.3 Å². The fourth-order valence-corrected chi connectivity index (χ4v) is 2.53. The highest BCUT2D eigenvalue weighted by molar-refractivity contribution is 7.99. The van der Waals surface area contributed by atoms with Gasteiger partial charge in [-0.2, -0.15) is 0 Å². The smallest absolute Gasteiger partial charge is 0.319 e. The molecule has 112 valence electrons. The summed E-state index contributed by atoms with van der Waals surface area (Å²) in [6, 6.07) is 7.69. The Kier molecular flexibility index (Phi) is 6.15. The number of nitrogens with zero attached hydrogens (tertiary/aromatic N) is 1. The molecule has 0 aliphatic carbocycles. The number of imidazole rings is 1. The highest BCUT2D eigenvalue weighted by Gasteiger charge is 2.02. The van der Waals surface area contributed by atoms with Crippen molar-refractivity contribution in [2.24, 2.45) is 0 Å². The maximum atomic E-state index is 11.7. The fourth-order valence-electron chi connectivity index (χ4n) is 1.87. The van der Waals surface area contributed by atoms with Crippen molar-refractivity contribution >= 4 is 23.5 Å². The lowest BCUT2D eigenvalue weighted by atomic mass is 10.3. The van der Waals surface area contributed by atoms with Crippen LogP contribution in [0.4, 0.5) is 10.5 Å². The van der Waals surface area contributed by atoms with Gasteiger partial charge in [-0.1, -0.05) is 6.92 Å². The Labute approximate surface area is 128 Å². The molecule has 1 heterocycles. The van der Waals surface area contributed by atoms with Gasteiger partial charge in [-0.3, -0.25) is 0 Å². The third kappa shape index (κ3) is 5.51. The zero-order chi connectivity index (χ0) is 14.9. The second-order valence-corrected chi connectivity index (χ2v) is 5.82. The molecule has 0 aliphatic rings. The summed E-state index contributed by atoms with van der Waals surface area (Å²) < 4.78 is 0. The van der Waals surface area contributed by atoms with Crippen LogP contribution in [-0.2, 0) is 6.42 Å². The molecule has 1 aromatic heterocycles. The van der Waals surface area contributed by atoms with Crippen LogP contribution in [0.25, 0.3) is 0 Å². The molecule has 0 saturated carbocycles. The van der Waals surface area contributed by atoms with Gasteiger partial charge < -0.3 is 15.6 Å². The van der Waals surface area contributed by atoms with E-state index in [2.05, 4.69) is 27.5 Å². The van der Waals surface area contributed by atoms with E-state index in [-0.39, 0.29) is 6.03 Å². The monoisotopic (exact) mass is 304 g/mol. The van der Waals surface area contributed by atoms with Gasteiger partial charge in [0.15, 0.2) is 0 Å². The highest BCUT2D eigenvalue weighted by Crippen LogP contribution is 2.19. The minimum atomic E-state index is -0.176. The minimum Gasteiger partial charge on any atom is -0.349 e. The molecular formula is C15H20N4OS. The van der Waals surface area contributed by atoms with Crippen LogP contribution in [0, 0.1) is 0 Å². The molecule has 0 aliphatic heterocycles. The topological polar surface area (TPSA) is 69.8 Å². The molecule has 0 atom stereocenters. The van der Waals surface area contributed by atoms with Crippen LogP contribution in [0.2, 0.25) is 0 Å². The van der Waals surface area contributed by atoms with Gasteiger partial charge >= 0.3 is 6.03 Å². The Morgan fingerprint density at radius 1 is 1.33 bits per heavy atom. The summed E-state index contributed by atoms with van der Waals surface area (Å²) in [5.74, 6) is 1.99. The van der Waals surface area contributed by atoms with Crippen LogP contribution in [0.1, 0.15) is 19.2 Å². The molecule has 2 rings (SSSR count). The number of carbonyl (C=O) groups excluding carboxylic acids is 1. The summed E-state index contributed by atoms with van der Waals surface area (Å²) in [4.78, 5) is 20.1. The van der Waals surface area contributed by atoms with Gasteiger partial charge in [0.25, 0.3) is 0 Å². The summed E-state index contributed by atoms with van der Waals surface area (Å²) in [6.07, 6.45) is 5.22. The summed E-state index contributed by atoms with van der Waals surface area (Å²) in [7, 11) is 0. The quantitative estimate of drug-likeness (QED) is 0.543. The predicted molar refractivity (Wildman–Crippen MR) is 86.8 cm³/mol. The normalized spacial score (nSPS) is 10.3. The largest absolute Gasteiger partial charge is 0.349 e. The highest BCUT2D eigenvalue weighted by atomic mass is 32.2. The lowest BCUT2D eigenvalue weighted by Crippen LogP contribution is -2.29. The molecule has 1 aromatic carbocycles. The molecular weight excluding hydrogens is 284 g/mol. The number of H-pyrrole nitrogens is 1. The van der Waals surface area contributed by atoms with E-state index >= 15 is 0 Å². The number of carbonyl (C=O) groups is 1. The second-order valence-electron chi connectivity index (χ2n) is 4.48. The lowest BCUT2D eigenvalue weighted by Gasteiger charge is -2.08. The molecule has 3 N–H and O–H groups in total. The molecule has 2 aromatic rings. The zero-order valence-corrected chi connectivity index (χ0v) is 12.9. The molecule has 0 bridgehead atoms. The predicted octanol–water partition coefficient (Wildman–Crippen LogP) is 3.28. The number of benzene rings is 1. The molecule has 6 heteroatoms. The molecule has 0 spiro atoms. The fraction of sp³-hybridized carbons (Fsp3) is 0.333. The number of aromatic amines is 1. The number of aryl methyl sites for hydroxylation is 1. The third-order valence-electron chi connectivity index (χ3n) is 2.85.